The lowest BCUT2D eigenvalue weighted by molar-refractivity contribution is 0.193. The number of nitriles is 1. The maximum atomic E-state index is 9.13. The molecule has 1 aliphatic heterocycles. The van der Waals surface area contributed by atoms with Crippen molar-refractivity contribution in [3.8, 4) is 6.07 Å². The van der Waals surface area contributed by atoms with Crippen LogP contribution in [0.3, 0.4) is 0 Å². The normalized spacial score (nSPS) is 19.4. The summed E-state index contributed by atoms with van der Waals surface area (Å²) in [6, 6.07) is 8.65. The SMILES string of the molecule is Cc1ccc(N(C)C2CCOC2)c(C#N)c1. The molecule has 0 aromatic heterocycles. The van der Waals surface area contributed by atoms with E-state index in [1.54, 1.807) is 0 Å². The van der Waals surface area contributed by atoms with Crippen LogP contribution in [-0.4, -0.2) is 26.3 Å². The number of benzene rings is 1. The Morgan fingerprint density at radius 1 is 1.50 bits per heavy atom. The summed E-state index contributed by atoms with van der Waals surface area (Å²) >= 11 is 0. The summed E-state index contributed by atoms with van der Waals surface area (Å²) in [6.07, 6.45) is 1.04. The monoisotopic (exact) mass is 216 g/mol. The summed E-state index contributed by atoms with van der Waals surface area (Å²) in [5.41, 5.74) is 2.87. The fourth-order valence-corrected chi connectivity index (χ4v) is 2.07. The molecular formula is C13H16N2O. The van der Waals surface area contributed by atoms with Crippen LogP contribution >= 0.6 is 0 Å². The van der Waals surface area contributed by atoms with E-state index in [-0.39, 0.29) is 0 Å². The van der Waals surface area contributed by atoms with Gasteiger partial charge in [0.15, 0.2) is 0 Å². The van der Waals surface area contributed by atoms with E-state index in [2.05, 4.69) is 11.0 Å². The molecule has 1 aromatic carbocycles. The second-order valence-corrected chi connectivity index (χ2v) is 4.26. The lowest BCUT2D eigenvalue weighted by Crippen LogP contribution is -2.32. The number of aryl methyl sites for hydroxylation is 1. The quantitative estimate of drug-likeness (QED) is 0.759. The molecular weight excluding hydrogens is 200 g/mol. The molecule has 0 bridgehead atoms. The topological polar surface area (TPSA) is 36.3 Å². The van der Waals surface area contributed by atoms with Gasteiger partial charge in [-0.3, -0.25) is 0 Å². The maximum Gasteiger partial charge on any atom is 0.101 e. The summed E-state index contributed by atoms with van der Waals surface area (Å²) in [4.78, 5) is 2.16. The third-order valence-corrected chi connectivity index (χ3v) is 3.11. The van der Waals surface area contributed by atoms with Gasteiger partial charge in [-0.1, -0.05) is 6.07 Å². The van der Waals surface area contributed by atoms with Crippen molar-refractivity contribution in [3.05, 3.63) is 29.3 Å². The van der Waals surface area contributed by atoms with Crippen LogP contribution < -0.4 is 4.90 Å². The largest absolute Gasteiger partial charge is 0.379 e. The van der Waals surface area contributed by atoms with Gasteiger partial charge in [0, 0.05) is 13.7 Å². The summed E-state index contributed by atoms with van der Waals surface area (Å²) in [5, 5.41) is 9.13. The lowest BCUT2D eigenvalue weighted by atomic mass is 10.1. The number of hydrogen-bond acceptors (Lipinski definition) is 3. The van der Waals surface area contributed by atoms with Crippen molar-refractivity contribution in [1.29, 1.82) is 5.26 Å². The Labute approximate surface area is 96.2 Å². The molecule has 1 saturated heterocycles. The number of anilines is 1. The molecule has 1 fully saturated rings. The van der Waals surface area contributed by atoms with Crippen LogP contribution in [-0.2, 0) is 4.74 Å². The second-order valence-electron chi connectivity index (χ2n) is 4.26. The number of likely N-dealkylation sites (N-methyl/N-ethyl adjacent to an activating group) is 1. The molecule has 0 spiro atoms. The Morgan fingerprint density at radius 2 is 2.31 bits per heavy atom. The third-order valence-electron chi connectivity index (χ3n) is 3.11. The number of nitrogens with zero attached hydrogens (tertiary/aromatic N) is 2. The van der Waals surface area contributed by atoms with Gasteiger partial charge in [0.2, 0.25) is 0 Å². The fraction of sp³-hybridized carbons (Fsp3) is 0.462. The molecule has 3 heteroatoms. The Hall–Kier alpha value is -1.53. The predicted octanol–water partition coefficient (Wildman–Crippen LogP) is 2.09. The van der Waals surface area contributed by atoms with Crippen LogP contribution in [0.25, 0.3) is 0 Å². The molecule has 0 amide bonds. The van der Waals surface area contributed by atoms with E-state index in [9.17, 15) is 0 Å². The van der Waals surface area contributed by atoms with Gasteiger partial charge in [-0.25, -0.2) is 0 Å². The Balaban J connectivity index is 2.28. The average Bonchev–Trinajstić information content (AvgIpc) is 2.81. The van der Waals surface area contributed by atoms with E-state index in [0.29, 0.717) is 6.04 Å². The number of ether oxygens (including phenoxy) is 1. The molecule has 16 heavy (non-hydrogen) atoms. The van der Waals surface area contributed by atoms with Gasteiger partial charge < -0.3 is 9.64 Å². The highest BCUT2D eigenvalue weighted by Crippen LogP contribution is 2.24. The first-order valence-electron chi connectivity index (χ1n) is 5.53. The van der Waals surface area contributed by atoms with E-state index in [0.717, 1.165) is 36.4 Å². The van der Waals surface area contributed by atoms with Crippen LogP contribution in [0.5, 0.6) is 0 Å². The Bertz CT molecular complexity index is 416. The van der Waals surface area contributed by atoms with E-state index in [4.69, 9.17) is 10.00 Å². The molecule has 1 aliphatic rings. The van der Waals surface area contributed by atoms with Gasteiger partial charge in [0.1, 0.15) is 6.07 Å². The van der Waals surface area contributed by atoms with Gasteiger partial charge in [0.05, 0.1) is 23.9 Å². The van der Waals surface area contributed by atoms with E-state index < -0.39 is 0 Å². The minimum atomic E-state index is 0.398. The summed E-state index contributed by atoms with van der Waals surface area (Å²) in [6.45, 7) is 3.58. The van der Waals surface area contributed by atoms with E-state index in [1.807, 2.05) is 32.2 Å². The minimum absolute atomic E-state index is 0.398. The van der Waals surface area contributed by atoms with Crippen molar-refractivity contribution in [1.82, 2.24) is 0 Å². The average molecular weight is 216 g/mol. The zero-order valence-electron chi connectivity index (χ0n) is 9.73. The van der Waals surface area contributed by atoms with Gasteiger partial charge in [-0.05, 0) is 31.0 Å². The molecule has 0 N–H and O–H groups in total. The molecule has 0 radical (unpaired) electrons. The zero-order chi connectivity index (χ0) is 11.5. The second kappa shape index (κ2) is 4.54. The molecule has 1 unspecified atom stereocenters. The first kappa shape index (κ1) is 11.0. The lowest BCUT2D eigenvalue weighted by Gasteiger charge is -2.26. The predicted molar refractivity (Wildman–Crippen MR) is 63.5 cm³/mol. The number of rotatable bonds is 2. The van der Waals surface area contributed by atoms with Crippen molar-refractivity contribution >= 4 is 5.69 Å². The van der Waals surface area contributed by atoms with Crippen molar-refractivity contribution in [3.63, 3.8) is 0 Å². The molecule has 1 aromatic rings. The van der Waals surface area contributed by atoms with Crippen molar-refractivity contribution < 1.29 is 4.74 Å². The highest BCUT2D eigenvalue weighted by Gasteiger charge is 2.22. The van der Waals surface area contributed by atoms with E-state index >= 15 is 0 Å². The molecule has 1 atom stereocenters. The standard InChI is InChI=1S/C13H16N2O/c1-10-3-4-13(11(7-10)8-14)15(2)12-5-6-16-9-12/h3-4,7,12H,5-6,9H2,1-2H3. The first-order valence-corrected chi connectivity index (χ1v) is 5.53. The molecule has 0 aliphatic carbocycles. The van der Waals surface area contributed by atoms with Crippen LogP contribution in [0.4, 0.5) is 5.69 Å². The molecule has 0 saturated carbocycles. The molecule has 1 heterocycles. The van der Waals surface area contributed by atoms with Gasteiger partial charge >= 0.3 is 0 Å². The van der Waals surface area contributed by atoms with Crippen LogP contribution in [0.2, 0.25) is 0 Å². The summed E-state index contributed by atoms with van der Waals surface area (Å²) in [7, 11) is 2.03. The van der Waals surface area contributed by atoms with Crippen LogP contribution in [0.1, 0.15) is 17.5 Å². The highest BCUT2D eigenvalue weighted by molar-refractivity contribution is 5.60. The van der Waals surface area contributed by atoms with Gasteiger partial charge in [-0.15, -0.1) is 0 Å². The van der Waals surface area contributed by atoms with Gasteiger partial charge in [-0.2, -0.15) is 5.26 Å². The van der Waals surface area contributed by atoms with Crippen molar-refractivity contribution in [2.75, 3.05) is 25.2 Å². The zero-order valence-corrected chi connectivity index (χ0v) is 9.73. The molecule has 84 valence electrons. The van der Waals surface area contributed by atoms with Crippen LogP contribution in [0, 0.1) is 18.3 Å². The fourth-order valence-electron chi connectivity index (χ4n) is 2.07. The third kappa shape index (κ3) is 2.02. The first-order chi connectivity index (χ1) is 7.72. The van der Waals surface area contributed by atoms with Crippen LogP contribution in [0.15, 0.2) is 18.2 Å². The minimum Gasteiger partial charge on any atom is -0.379 e. The van der Waals surface area contributed by atoms with Crippen molar-refractivity contribution in [2.24, 2.45) is 0 Å². The molecule has 2 rings (SSSR count). The highest BCUT2D eigenvalue weighted by atomic mass is 16.5. The Morgan fingerprint density at radius 3 is 2.94 bits per heavy atom. The summed E-state index contributed by atoms with van der Waals surface area (Å²) < 4.78 is 5.37. The summed E-state index contributed by atoms with van der Waals surface area (Å²) in [5.74, 6) is 0. The number of hydrogen-bond donors (Lipinski definition) is 0. The van der Waals surface area contributed by atoms with Gasteiger partial charge in [0.25, 0.3) is 0 Å². The molecule has 3 nitrogen and oxygen atoms in total. The maximum absolute atomic E-state index is 9.13. The smallest absolute Gasteiger partial charge is 0.101 e. The van der Waals surface area contributed by atoms with Crippen molar-refractivity contribution in [2.45, 2.75) is 19.4 Å². The van der Waals surface area contributed by atoms with E-state index in [1.165, 1.54) is 0 Å². The Kier molecular flexibility index (Phi) is 3.12.